The zero-order valence-corrected chi connectivity index (χ0v) is 11.0. The van der Waals surface area contributed by atoms with Crippen LogP contribution in [0.25, 0.3) is 0 Å². The number of piperidine rings is 1. The number of ketones is 1. The number of carbonyl (C=O) groups is 1. The Bertz CT molecular complexity index is 393. The monoisotopic (exact) mass is 250 g/mol. The van der Waals surface area contributed by atoms with Crippen molar-refractivity contribution in [3.8, 4) is 0 Å². The van der Waals surface area contributed by atoms with E-state index in [-0.39, 0.29) is 0 Å². The predicted molar refractivity (Wildman–Crippen MR) is 70.2 cm³/mol. The highest BCUT2D eigenvalue weighted by atomic mass is 16.1. The highest BCUT2D eigenvalue weighted by Crippen LogP contribution is 2.09. The number of carbonyl (C=O) groups excluding carboxylic acids is 1. The third-order valence-corrected chi connectivity index (χ3v) is 3.48. The number of Topliss-reactive ketones (excluding diaryl/α,β-unsaturated/α-hetero) is 1. The molecule has 2 N–H and O–H groups in total. The van der Waals surface area contributed by atoms with E-state index in [0.29, 0.717) is 24.8 Å². The third kappa shape index (κ3) is 3.92. The largest absolute Gasteiger partial charge is 0.328 e. The average molecular weight is 250 g/mol. The third-order valence-electron chi connectivity index (χ3n) is 3.48. The van der Waals surface area contributed by atoms with Crippen LogP contribution in [0.15, 0.2) is 12.4 Å². The van der Waals surface area contributed by atoms with Crippen LogP contribution >= 0.6 is 0 Å². The first-order chi connectivity index (χ1) is 8.63. The summed E-state index contributed by atoms with van der Waals surface area (Å²) in [5.74, 6) is 0.314. The lowest BCUT2D eigenvalue weighted by Crippen LogP contribution is -2.41. The normalized spacial score (nSPS) is 18.1. The minimum absolute atomic E-state index is 0.314. The number of nitrogens with zero attached hydrogens (tertiary/aromatic N) is 3. The van der Waals surface area contributed by atoms with Crippen molar-refractivity contribution in [2.24, 2.45) is 12.8 Å². The molecule has 1 aromatic rings. The van der Waals surface area contributed by atoms with Crippen molar-refractivity contribution in [1.82, 2.24) is 14.7 Å². The number of aromatic nitrogens is 2. The standard InChI is InChI=1S/C13H22N4O/c1-16-9-11(8-15-16)2-3-13(18)10-17-6-4-12(14)5-7-17/h8-9,12H,2-7,10,14H2,1H3. The van der Waals surface area contributed by atoms with Crippen molar-refractivity contribution in [1.29, 1.82) is 0 Å². The summed E-state index contributed by atoms with van der Waals surface area (Å²) >= 11 is 0. The molecule has 1 aromatic heterocycles. The Balaban J connectivity index is 1.69. The molecule has 1 fully saturated rings. The van der Waals surface area contributed by atoms with E-state index in [1.165, 1.54) is 0 Å². The first-order valence-corrected chi connectivity index (χ1v) is 6.60. The van der Waals surface area contributed by atoms with Gasteiger partial charge >= 0.3 is 0 Å². The van der Waals surface area contributed by atoms with Crippen LogP contribution in [0.4, 0.5) is 0 Å². The molecular weight excluding hydrogens is 228 g/mol. The summed E-state index contributed by atoms with van der Waals surface area (Å²) < 4.78 is 1.77. The second-order valence-electron chi connectivity index (χ2n) is 5.17. The molecule has 0 radical (unpaired) electrons. The predicted octanol–water partition coefficient (Wildman–Crippen LogP) is 0.345. The van der Waals surface area contributed by atoms with Crippen LogP contribution in [0.3, 0.4) is 0 Å². The van der Waals surface area contributed by atoms with Crippen molar-refractivity contribution in [3.63, 3.8) is 0 Å². The van der Waals surface area contributed by atoms with Crippen LogP contribution in [0.1, 0.15) is 24.8 Å². The van der Waals surface area contributed by atoms with Gasteiger partial charge in [-0.3, -0.25) is 14.4 Å². The lowest BCUT2D eigenvalue weighted by molar-refractivity contribution is -0.120. The summed E-state index contributed by atoms with van der Waals surface area (Å²) in [6.07, 6.45) is 7.21. The molecular formula is C13H22N4O. The molecule has 18 heavy (non-hydrogen) atoms. The number of hydrogen-bond acceptors (Lipinski definition) is 4. The van der Waals surface area contributed by atoms with Gasteiger partial charge in [0.25, 0.3) is 0 Å². The molecule has 0 amide bonds. The molecule has 0 aliphatic carbocycles. The summed E-state index contributed by atoms with van der Waals surface area (Å²) in [5, 5.41) is 4.10. The van der Waals surface area contributed by atoms with E-state index in [9.17, 15) is 4.79 Å². The van der Waals surface area contributed by atoms with Crippen molar-refractivity contribution in [2.45, 2.75) is 31.7 Å². The van der Waals surface area contributed by atoms with Gasteiger partial charge in [0.15, 0.2) is 0 Å². The fourth-order valence-electron chi connectivity index (χ4n) is 2.32. The van der Waals surface area contributed by atoms with E-state index in [1.54, 1.807) is 4.68 Å². The van der Waals surface area contributed by atoms with Gasteiger partial charge in [0.2, 0.25) is 0 Å². The number of nitrogens with two attached hydrogens (primary N) is 1. The summed E-state index contributed by atoms with van der Waals surface area (Å²) in [6, 6.07) is 0.326. The lowest BCUT2D eigenvalue weighted by atomic mass is 10.1. The van der Waals surface area contributed by atoms with Gasteiger partial charge in [0, 0.05) is 38.8 Å². The van der Waals surface area contributed by atoms with Gasteiger partial charge in [0.05, 0.1) is 12.7 Å². The zero-order valence-electron chi connectivity index (χ0n) is 11.0. The molecule has 2 heterocycles. The SMILES string of the molecule is Cn1cc(CCC(=O)CN2CCC(N)CC2)cn1. The van der Waals surface area contributed by atoms with Crippen molar-refractivity contribution >= 4 is 5.78 Å². The Labute approximate surface area is 108 Å². The molecule has 0 saturated carbocycles. The molecule has 0 spiro atoms. The number of aryl methyl sites for hydroxylation is 2. The second kappa shape index (κ2) is 6.11. The Morgan fingerprint density at radius 2 is 2.22 bits per heavy atom. The maximum absolute atomic E-state index is 11.9. The topological polar surface area (TPSA) is 64.2 Å². The molecule has 1 aliphatic rings. The molecule has 1 saturated heterocycles. The second-order valence-corrected chi connectivity index (χ2v) is 5.17. The zero-order chi connectivity index (χ0) is 13.0. The van der Waals surface area contributed by atoms with E-state index in [2.05, 4.69) is 10.00 Å². The number of hydrogen-bond donors (Lipinski definition) is 1. The van der Waals surface area contributed by atoms with E-state index in [4.69, 9.17) is 5.73 Å². The van der Waals surface area contributed by atoms with Crippen molar-refractivity contribution in [3.05, 3.63) is 18.0 Å². The van der Waals surface area contributed by atoms with Gasteiger partial charge < -0.3 is 5.73 Å². The average Bonchev–Trinajstić information content (AvgIpc) is 2.76. The summed E-state index contributed by atoms with van der Waals surface area (Å²) in [4.78, 5) is 14.1. The van der Waals surface area contributed by atoms with Crippen LogP contribution in [-0.4, -0.2) is 46.1 Å². The molecule has 0 unspecified atom stereocenters. The van der Waals surface area contributed by atoms with Crippen molar-refractivity contribution < 1.29 is 4.79 Å². The fourth-order valence-corrected chi connectivity index (χ4v) is 2.32. The lowest BCUT2D eigenvalue weighted by Gasteiger charge is -2.29. The smallest absolute Gasteiger partial charge is 0.147 e. The molecule has 1 aliphatic heterocycles. The maximum Gasteiger partial charge on any atom is 0.147 e. The Kier molecular flexibility index (Phi) is 4.49. The highest BCUT2D eigenvalue weighted by molar-refractivity contribution is 5.80. The van der Waals surface area contributed by atoms with Gasteiger partial charge in [-0.25, -0.2) is 0 Å². The highest BCUT2D eigenvalue weighted by Gasteiger charge is 2.17. The van der Waals surface area contributed by atoms with Gasteiger partial charge in [-0.05, 0) is 24.8 Å². The Hall–Kier alpha value is -1.20. The summed E-state index contributed by atoms with van der Waals surface area (Å²) in [7, 11) is 1.89. The van der Waals surface area contributed by atoms with Crippen LogP contribution in [0, 0.1) is 0 Å². The van der Waals surface area contributed by atoms with E-state index >= 15 is 0 Å². The Morgan fingerprint density at radius 3 is 2.83 bits per heavy atom. The number of rotatable bonds is 5. The van der Waals surface area contributed by atoms with E-state index in [0.717, 1.165) is 37.9 Å². The van der Waals surface area contributed by atoms with Crippen LogP contribution < -0.4 is 5.73 Å². The maximum atomic E-state index is 11.9. The molecule has 0 aromatic carbocycles. The number of likely N-dealkylation sites (tertiary alicyclic amines) is 1. The van der Waals surface area contributed by atoms with Gasteiger partial charge in [-0.2, -0.15) is 5.10 Å². The molecule has 5 heteroatoms. The molecule has 0 atom stereocenters. The summed E-state index contributed by atoms with van der Waals surface area (Å²) in [6.45, 7) is 2.49. The van der Waals surface area contributed by atoms with E-state index < -0.39 is 0 Å². The molecule has 100 valence electrons. The van der Waals surface area contributed by atoms with Crippen LogP contribution in [-0.2, 0) is 18.3 Å². The Morgan fingerprint density at radius 1 is 1.50 bits per heavy atom. The molecule has 2 rings (SSSR count). The molecule has 0 bridgehead atoms. The van der Waals surface area contributed by atoms with Gasteiger partial charge in [-0.1, -0.05) is 0 Å². The summed E-state index contributed by atoms with van der Waals surface area (Å²) in [5.41, 5.74) is 6.97. The minimum Gasteiger partial charge on any atom is -0.328 e. The van der Waals surface area contributed by atoms with E-state index in [1.807, 2.05) is 19.4 Å². The first-order valence-electron chi connectivity index (χ1n) is 6.60. The first kappa shape index (κ1) is 13.2. The van der Waals surface area contributed by atoms with Gasteiger partial charge in [-0.15, -0.1) is 0 Å². The minimum atomic E-state index is 0.314. The fraction of sp³-hybridized carbons (Fsp3) is 0.692. The van der Waals surface area contributed by atoms with Crippen LogP contribution in [0.5, 0.6) is 0 Å². The van der Waals surface area contributed by atoms with Gasteiger partial charge in [0.1, 0.15) is 5.78 Å². The van der Waals surface area contributed by atoms with Crippen LogP contribution in [0.2, 0.25) is 0 Å². The van der Waals surface area contributed by atoms with Crippen molar-refractivity contribution in [2.75, 3.05) is 19.6 Å². The molecule has 5 nitrogen and oxygen atoms in total. The quantitative estimate of drug-likeness (QED) is 0.819.